The zero-order chi connectivity index (χ0) is 11.1. The van der Waals surface area contributed by atoms with Crippen LogP contribution in [0.1, 0.15) is 12.8 Å². The average molecular weight is 215 g/mol. The van der Waals surface area contributed by atoms with Crippen molar-refractivity contribution < 1.29 is 27.5 Å². The van der Waals surface area contributed by atoms with E-state index in [1.807, 2.05) is 0 Å². The summed E-state index contributed by atoms with van der Waals surface area (Å²) in [5, 5.41) is 8.54. The zero-order valence-electron chi connectivity index (χ0n) is 7.01. The van der Waals surface area contributed by atoms with Crippen LogP contribution in [0.2, 0.25) is 0 Å². The quantitative estimate of drug-likeness (QED) is 0.677. The highest BCUT2D eigenvalue weighted by Gasteiger charge is 2.64. The van der Waals surface area contributed by atoms with Gasteiger partial charge in [0.25, 0.3) is 0 Å². The normalized spacial score (nSPS) is 34.8. The molecule has 1 aliphatic rings. The van der Waals surface area contributed by atoms with Gasteiger partial charge in [0.05, 0.1) is 0 Å². The lowest BCUT2D eigenvalue weighted by Gasteiger charge is -2.44. The molecule has 82 valence electrons. The molecule has 0 radical (unpaired) electrons. The van der Waals surface area contributed by atoms with Gasteiger partial charge < -0.3 is 10.8 Å². The van der Waals surface area contributed by atoms with Crippen molar-refractivity contribution in [2.45, 2.75) is 31.2 Å². The first kappa shape index (κ1) is 11.2. The molecule has 1 saturated carbocycles. The van der Waals surface area contributed by atoms with Crippen LogP contribution in [0.3, 0.4) is 0 Å². The van der Waals surface area contributed by atoms with Crippen LogP contribution in [-0.4, -0.2) is 29.5 Å². The third-order valence-corrected chi connectivity index (χ3v) is 2.45. The van der Waals surface area contributed by atoms with Gasteiger partial charge in [-0.25, -0.2) is 4.39 Å². The lowest BCUT2D eigenvalue weighted by Crippen LogP contribution is -2.59. The largest absolute Gasteiger partial charge is 0.481 e. The second-order valence-corrected chi connectivity index (χ2v) is 3.53. The van der Waals surface area contributed by atoms with Crippen LogP contribution >= 0.6 is 0 Å². The number of hydrogen-bond donors (Lipinski definition) is 2. The second-order valence-electron chi connectivity index (χ2n) is 3.53. The molecule has 3 N–H and O–H groups in total. The molecule has 0 aromatic rings. The molecular formula is C7H9F4NO2. The fourth-order valence-electron chi connectivity index (χ4n) is 1.68. The third kappa shape index (κ3) is 1.56. The van der Waals surface area contributed by atoms with Gasteiger partial charge in [0.2, 0.25) is 6.17 Å². The van der Waals surface area contributed by atoms with E-state index in [-0.39, 0.29) is 0 Å². The first-order valence-corrected chi connectivity index (χ1v) is 3.90. The van der Waals surface area contributed by atoms with Crippen LogP contribution in [0.25, 0.3) is 0 Å². The Morgan fingerprint density at radius 1 is 1.50 bits per heavy atom. The zero-order valence-corrected chi connectivity index (χ0v) is 7.01. The molecule has 0 saturated heterocycles. The summed E-state index contributed by atoms with van der Waals surface area (Å²) in [4.78, 5) is 10.5. The van der Waals surface area contributed by atoms with E-state index in [1.54, 1.807) is 0 Å². The summed E-state index contributed by atoms with van der Waals surface area (Å²) in [7, 11) is 0. The van der Waals surface area contributed by atoms with Gasteiger partial charge in [-0.3, -0.25) is 4.79 Å². The molecule has 0 aromatic carbocycles. The Hall–Kier alpha value is -0.850. The predicted molar refractivity (Wildman–Crippen MR) is 38.2 cm³/mol. The molecule has 7 heteroatoms. The van der Waals surface area contributed by atoms with Gasteiger partial charge in [0.15, 0.2) is 0 Å². The van der Waals surface area contributed by atoms with E-state index in [1.165, 1.54) is 0 Å². The number of alkyl halides is 4. The molecule has 1 fully saturated rings. The number of carboxylic acid groups (broad SMARTS) is 1. The van der Waals surface area contributed by atoms with Gasteiger partial charge in [-0.15, -0.1) is 0 Å². The van der Waals surface area contributed by atoms with Gasteiger partial charge >= 0.3 is 12.1 Å². The van der Waals surface area contributed by atoms with Gasteiger partial charge in [-0.2, -0.15) is 13.2 Å². The Morgan fingerprint density at radius 2 is 1.93 bits per heavy atom. The molecule has 1 unspecified atom stereocenters. The lowest BCUT2D eigenvalue weighted by molar-refractivity contribution is -0.233. The van der Waals surface area contributed by atoms with Crippen LogP contribution in [0.15, 0.2) is 0 Å². The molecule has 1 aliphatic carbocycles. The number of aliphatic carboxylic acids is 1. The summed E-state index contributed by atoms with van der Waals surface area (Å²) >= 11 is 0. The highest BCUT2D eigenvalue weighted by Crippen LogP contribution is 2.49. The lowest BCUT2D eigenvalue weighted by atomic mass is 9.62. The first-order chi connectivity index (χ1) is 6.20. The van der Waals surface area contributed by atoms with Crippen molar-refractivity contribution in [3.63, 3.8) is 0 Å². The monoisotopic (exact) mass is 215 g/mol. The smallest absolute Gasteiger partial charge is 0.420 e. The van der Waals surface area contributed by atoms with Crippen molar-refractivity contribution >= 4 is 5.97 Å². The van der Waals surface area contributed by atoms with Gasteiger partial charge in [0, 0.05) is 6.04 Å². The van der Waals surface area contributed by atoms with Crippen LogP contribution < -0.4 is 5.73 Å². The highest BCUT2D eigenvalue weighted by molar-refractivity contribution is 5.77. The molecule has 1 rings (SSSR count). The maximum absolute atomic E-state index is 12.9. The molecule has 0 heterocycles. The third-order valence-electron chi connectivity index (χ3n) is 2.45. The Bertz CT molecular complexity index is 247. The number of rotatable bonds is 2. The van der Waals surface area contributed by atoms with Crippen molar-refractivity contribution in [1.29, 1.82) is 0 Å². The minimum atomic E-state index is -5.14. The SMILES string of the molecule is NC1CC(C(=O)O)(C(F)C(F)(F)F)C1. The summed E-state index contributed by atoms with van der Waals surface area (Å²) in [5.74, 6) is -1.77. The second kappa shape index (κ2) is 3.08. The predicted octanol–water partition coefficient (Wildman–Crippen LogP) is 1.08. The van der Waals surface area contributed by atoms with Crippen molar-refractivity contribution in [2.24, 2.45) is 11.1 Å². The number of hydrogen-bond acceptors (Lipinski definition) is 2. The summed E-state index contributed by atoms with van der Waals surface area (Å²) < 4.78 is 48.8. The van der Waals surface area contributed by atoms with E-state index >= 15 is 0 Å². The van der Waals surface area contributed by atoms with Crippen molar-refractivity contribution in [2.75, 3.05) is 0 Å². The molecule has 0 amide bonds. The maximum Gasteiger partial charge on any atom is 0.420 e. The standard InChI is InChI=1S/C7H9F4NO2/c8-4(7(9,10)11)6(5(13)14)1-3(12)2-6/h3-4H,1-2,12H2,(H,13,14). The summed E-state index contributed by atoms with van der Waals surface area (Å²) in [6.07, 6.45) is -9.42. The van der Waals surface area contributed by atoms with Crippen LogP contribution in [0.5, 0.6) is 0 Å². The highest BCUT2D eigenvalue weighted by atomic mass is 19.4. The van der Waals surface area contributed by atoms with E-state index in [0.29, 0.717) is 0 Å². The van der Waals surface area contributed by atoms with Crippen molar-refractivity contribution in [1.82, 2.24) is 0 Å². The first-order valence-electron chi connectivity index (χ1n) is 3.90. The summed E-state index contributed by atoms with van der Waals surface area (Å²) in [6, 6.07) is -0.660. The van der Waals surface area contributed by atoms with E-state index in [9.17, 15) is 22.4 Å². The Labute approximate surface area is 76.9 Å². The molecule has 14 heavy (non-hydrogen) atoms. The van der Waals surface area contributed by atoms with E-state index in [2.05, 4.69) is 0 Å². The molecule has 0 spiro atoms. The van der Waals surface area contributed by atoms with Crippen LogP contribution in [0.4, 0.5) is 17.6 Å². The maximum atomic E-state index is 12.9. The summed E-state index contributed by atoms with van der Waals surface area (Å²) in [6.45, 7) is 0. The molecular weight excluding hydrogens is 206 g/mol. The molecule has 0 bridgehead atoms. The molecule has 1 atom stereocenters. The van der Waals surface area contributed by atoms with Gasteiger partial charge in [0.1, 0.15) is 5.41 Å². The van der Waals surface area contributed by atoms with E-state index in [0.717, 1.165) is 0 Å². The minimum Gasteiger partial charge on any atom is -0.481 e. The van der Waals surface area contributed by atoms with E-state index in [4.69, 9.17) is 10.8 Å². The Balaban J connectivity index is 2.86. The number of carbonyl (C=O) groups is 1. The fourth-order valence-corrected chi connectivity index (χ4v) is 1.68. The molecule has 0 aromatic heterocycles. The Morgan fingerprint density at radius 3 is 2.14 bits per heavy atom. The summed E-state index contributed by atoms with van der Waals surface area (Å²) in [5.41, 5.74) is 2.81. The number of halogens is 4. The van der Waals surface area contributed by atoms with E-state index < -0.39 is 42.6 Å². The van der Waals surface area contributed by atoms with Crippen molar-refractivity contribution in [3.05, 3.63) is 0 Å². The minimum absolute atomic E-state index is 0.469. The van der Waals surface area contributed by atoms with Crippen molar-refractivity contribution in [3.8, 4) is 0 Å². The van der Waals surface area contributed by atoms with Gasteiger partial charge in [-0.05, 0) is 12.8 Å². The average Bonchev–Trinajstić information content (AvgIpc) is 1.94. The number of carboxylic acids is 1. The van der Waals surface area contributed by atoms with Crippen LogP contribution in [-0.2, 0) is 4.79 Å². The fraction of sp³-hybridized carbons (Fsp3) is 0.857. The Kier molecular flexibility index (Phi) is 2.47. The molecule has 0 aliphatic heterocycles. The van der Waals surface area contributed by atoms with Gasteiger partial charge in [-0.1, -0.05) is 0 Å². The number of nitrogens with two attached hydrogens (primary N) is 1. The molecule has 3 nitrogen and oxygen atoms in total. The topological polar surface area (TPSA) is 63.3 Å². The van der Waals surface area contributed by atoms with Crippen LogP contribution in [0, 0.1) is 5.41 Å².